The van der Waals surface area contributed by atoms with Gasteiger partial charge in [0, 0.05) is 11.0 Å². The first-order valence-electron chi connectivity index (χ1n) is 6.83. The van der Waals surface area contributed by atoms with Gasteiger partial charge in [-0.1, -0.05) is 44.4 Å². The molecule has 0 aromatic carbocycles. The van der Waals surface area contributed by atoms with E-state index in [9.17, 15) is 19.8 Å². The van der Waals surface area contributed by atoms with Crippen LogP contribution in [0.5, 0.6) is 0 Å². The molecule has 0 aromatic rings. The summed E-state index contributed by atoms with van der Waals surface area (Å²) in [6.45, 7) is 1.81. The van der Waals surface area contributed by atoms with Crippen LogP contribution in [0.2, 0.25) is 0 Å². The summed E-state index contributed by atoms with van der Waals surface area (Å²) in [5.74, 6) is -2.54. The lowest BCUT2D eigenvalue weighted by atomic mass is 9.58. The van der Waals surface area contributed by atoms with Gasteiger partial charge in [-0.3, -0.25) is 4.79 Å². The van der Waals surface area contributed by atoms with E-state index in [1.54, 1.807) is 18.2 Å². The summed E-state index contributed by atoms with van der Waals surface area (Å²) < 4.78 is 0. The van der Waals surface area contributed by atoms with Gasteiger partial charge in [-0.2, -0.15) is 0 Å². The number of carboxylic acids is 2. The summed E-state index contributed by atoms with van der Waals surface area (Å²) in [5, 5.41) is 18.8. The largest absolute Gasteiger partial charge is 0.481 e. The first-order chi connectivity index (χ1) is 8.98. The topological polar surface area (TPSA) is 74.6 Å². The van der Waals surface area contributed by atoms with Crippen LogP contribution >= 0.6 is 0 Å². The number of aliphatic carboxylic acids is 2. The lowest BCUT2D eigenvalue weighted by molar-refractivity contribution is -0.146. The van der Waals surface area contributed by atoms with E-state index >= 15 is 0 Å². The van der Waals surface area contributed by atoms with Crippen LogP contribution in [0, 0.1) is 17.3 Å². The smallest absolute Gasteiger partial charge is 0.332 e. The normalized spacial score (nSPS) is 31.8. The van der Waals surface area contributed by atoms with Crippen molar-refractivity contribution in [3.63, 3.8) is 0 Å². The molecule has 0 bridgehead atoms. The highest BCUT2D eigenvalue weighted by atomic mass is 16.4. The molecular formula is C15H20O4. The van der Waals surface area contributed by atoms with Crippen molar-refractivity contribution < 1.29 is 19.8 Å². The van der Waals surface area contributed by atoms with Gasteiger partial charge in [0.15, 0.2) is 0 Å². The standard InChI is InChI=1S/C15H20O4/c1-15(10-6-3-2-4-7-10)11(13(16)17)8-5-9-12(15)14(18)19/h5,8-11H,2-4,6-7H2,1H3,(H,16,17)(H,18,19). The Bertz CT molecular complexity index is 443. The number of allylic oxidation sites excluding steroid dienone is 2. The minimum absolute atomic E-state index is 0.134. The van der Waals surface area contributed by atoms with Gasteiger partial charge in [-0.05, 0) is 18.8 Å². The monoisotopic (exact) mass is 264 g/mol. The molecule has 104 valence electrons. The zero-order valence-electron chi connectivity index (χ0n) is 11.1. The van der Waals surface area contributed by atoms with Crippen LogP contribution in [0.4, 0.5) is 0 Å². The van der Waals surface area contributed by atoms with Gasteiger partial charge < -0.3 is 10.2 Å². The minimum atomic E-state index is -0.997. The molecule has 2 unspecified atom stereocenters. The molecule has 4 nitrogen and oxygen atoms in total. The van der Waals surface area contributed by atoms with E-state index < -0.39 is 23.3 Å². The SMILES string of the molecule is CC1(C2CCCCC2)C(C(=O)O)=CC=CC1C(=O)O. The van der Waals surface area contributed by atoms with Crippen LogP contribution in [-0.4, -0.2) is 22.2 Å². The molecule has 2 aliphatic carbocycles. The maximum Gasteiger partial charge on any atom is 0.332 e. The van der Waals surface area contributed by atoms with Crippen molar-refractivity contribution >= 4 is 11.9 Å². The molecule has 0 spiro atoms. The highest BCUT2D eigenvalue weighted by molar-refractivity contribution is 5.91. The summed E-state index contributed by atoms with van der Waals surface area (Å²) in [5.41, 5.74) is -0.554. The molecule has 0 amide bonds. The third kappa shape index (κ3) is 2.31. The Kier molecular flexibility index (Phi) is 3.78. The molecule has 0 aliphatic heterocycles. The van der Waals surface area contributed by atoms with E-state index in [0.717, 1.165) is 32.1 Å². The van der Waals surface area contributed by atoms with Gasteiger partial charge in [0.1, 0.15) is 0 Å². The van der Waals surface area contributed by atoms with Crippen molar-refractivity contribution in [2.24, 2.45) is 17.3 Å². The van der Waals surface area contributed by atoms with E-state index in [-0.39, 0.29) is 11.5 Å². The molecule has 19 heavy (non-hydrogen) atoms. The molecule has 0 heterocycles. The van der Waals surface area contributed by atoms with Gasteiger partial charge in [0.05, 0.1) is 5.92 Å². The molecule has 1 saturated carbocycles. The Morgan fingerprint density at radius 1 is 1.21 bits per heavy atom. The maximum absolute atomic E-state index is 11.5. The fourth-order valence-electron chi connectivity index (χ4n) is 3.63. The van der Waals surface area contributed by atoms with Crippen molar-refractivity contribution in [1.82, 2.24) is 0 Å². The van der Waals surface area contributed by atoms with Crippen molar-refractivity contribution in [1.29, 1.82) is 0 Å². The van der Waals surface area contributed by atoms with Crippen LogP contribution in [-0.2, 0) is 9.59 Å². The fourth-order valence-corrected chi connectivity index (χ4v) is 3.63. The van der Waals surface area contributed by atoms with Gasteiger partial charge in [-0.25, -0.2) is 4.79 Å². The maximum atomic E-state index is 11.5. The first-order valence-corrected chi connectivity index (χ1v) is 6.83. The van der Waals surface area contributed by atoms with Gasteiger partial charge >= 0.3 is 11.9 Å². The molecule has 0 saturated heterocycles. The number of carboxylic acid groups (broad SMARTS) is 2. The Hall–Kier alpha value is -1.58. The fraction of sp³-hybridized carbons (Fsp3) is 0.600. The lowest BCUT2D eigenvalue weighted by Gasteiger charge is -2.44. The quantitative estimate of drug-likeness (QED) is 0.822. The van der Waals surface area contributed by atoms with E-state index in [0.29, 0.717) is 0 Å². The van der Waals surface area contributed by atoms with E-state index in [1.165, 1.54) is 0 Å². The van der Waals surface area contributed by atoms with Crippen LogP contribution in [0.15, 0.2) is 23.8 Å². The van der Waals surface area contributed by atoms with E-state index in [4.69, 9.17) is 0 Å². The van der Waals surface area contributed by atoms with Crippen molar-refractivity contribution in [2.75, 3.05) is 0 Å². The van der Waals surface area contributed by atoms with E-state index in [2.05, 4.69) is 0 Å². The second-order valence-corrected chi connectivity index (χ2v) is 5.70. The Balaban J connectivity index is 2.43. The Labute approximate surface area is 112 Å². The molecule has 0 aromatic heterocycles. The van der Waals surface area contributed by atoms with Crippen LogP contribution < -0.4 is 0 Å². The summed E-state index contributed by atoms with van der Waals surface area (Å²) in [6.07, 6.45) is 9.86. The molecule has 2 aliphatic rings. The van der Waals surface area contributed by atoms with Crippen molar-refractivity contribution in [2.45, 2.75) is 39.0 Å². The summed E-state index contributed by atoms with van der Waals surface area (Å²) in [4.78, 5) is 23.0. The van der Waals surface area contributed by atoms with Crippen molar-refractivity contribution in [3.8, 4) is 0 Å². The number of rotatable bonds is 3. The average Bonchev–Trinajstić information content (AvgIpc) is 2.39. The molecule has 2 N–H and O–H groups in total. The highest BCUT2D eigenvalue weighted by Gasteiger charge is 2.49. The summed E-state index contributed by atoms with van der Waals surface area (Å²) in [7, 11) is 0. The summed E-state index contributed by atoms with van der Waals surface area (Å²) >= 11 is 0. The minimum Gasteiger partial charge on any atom is -0.481 e. The molecule has 2 atom stereocenters. The third-order valence-corrected chi connectivity index (χ3v) is 4.74. The van der Waals surface area contributed by atoms with E-state index in [1.807, 2.05) is 6.92 Å². The van der Waals surface area contributed by atoms with Gasteiger partial charge in [0.25, 0.3) is 0 Å². The molecule has 0 radical (unpaired) electrons. The first kappa shape index (κ1) is 13.8. The van der Waals surface area contributed by atoms with Crippen LogP contribution in [0.25, 0.3) is 0 Å². The molecular weight excluding hydrogens is 244 g/mol. The third-order valence-electron chi connectivity index (χ3n) is 4.74. The second kappa shape index (κ2) is 5.19. The van der Waals surface area contributed by atoms with Crippen molar-refractivity contribution in [3.05, 3.63) is 23.8 Å². The highest BCUT2D eigenvalue weighted by Crippen LogP contribution is 2.50. The summed E-state index contributed by atoms with van der Waals surface area (Å²) in [6, 6.07) is 0. The number of carbonyl (C=O) groups is 2. The second-order valence-electron chi connectivity index (χ2n) is 5.70. The van der Waals surface area contributed by atoms with Gasteiger partial charge in [-0.15, -0.1) is 0 Å². The number of hydrogen-bond donors (Lipinski definition) is 2. The number of hydrogen-bond acceptors (Lipinski definition) is 2. The van der Waals surface area contributed by atoms with Crippen LogP contribution in [0.1, 0.15) is 39.0 Å². The predicted molar refractivity (Wildman–Crippen MR) is 70.7 cm³/mol. The zero-order chi connectivity index (χ0) is 14.0. The zero-order valence-corrected chi connectivity index (χ0v) is 11.1. The lowest BCUT2D eigenvalue weighted by Crippen LogP contribution is -2.44. The van der Waals surface area contributed by atoms with Crippen LogP contribution in [0.3, 0.4) is 0 Å². The molecule has 1 fully saturated rings. The van der Waals surface area contributed by atoms with Gasteiger partial charge in [0.2, 0.25) is 0 Å². The Morgan fingerprint density at radius 2 is 1.84 bits per heavy atom. The predicted octanol–water partition coefficient (Wildman–Crippen LogP) is 2.85. The average molecular weight is 264 g/mol. The molecule has 4 heteroatoms. The molecule has 2 rings (SSSR count). The Morgan fingerprint density at radius 3 is 2.37 bits per heavy atom.